The van der Waals surface area contributed by atoms with Crippen LogP contribution in [0.4, 0.5) is 0 Å². The van der Waals surface area contributed by atoms with Crippen molar-refractivity contribution in [2.24, 2.45) is 5.92 Å². The van der Waals surface area contributed by atoms with E-state index in [0.29, 0.717) is 0 Å². The molecule has 16 heavy (non-hydrogen) atoms. The van der Waals surface area contributed by atoms with Gasteiger partial charge < -0.3 is 9.47 Å². The van der Waals surface area contributed by atoms with Gasteiger partial charge in [-0.25, -0.2) is 0 Å². The zero-order chi connectivity index (χ0) is 11.9. The largest absolute Gasteiger partial charge is 0.385 e. The molecule has 0 heterocycles. The normalized spacial score (nSPS) is 21.9. The number of hydrogen-bond acceptors (Lipinski definition) is 2. The van der Waals surface area contributed by atoms with Gasteiger partial charge in [0.2, 0.25) is 0 Å². The lowest BCUT2D eigenvalue weighted by molar-refractivity contribution is -0.0921. The summed E-state index contributed by atoms with van der Waals surface area (Å²) in [6.07, 6.45) is 10.3. The molecule has 1 unspecified atom stereocenters. The molecular weight excluding hydrogens is 200 g/mol. The predicted molar refractivity (Wildman–Crippen MR) is 67.7 cm³/mol. The summed E-state index contributed by atoms with van der Waals surface area (Å²) in [5, 5.41) is 0. The van der Waals surface area contributed by atoms with Crippen molar-refractivity contribution in [1.29, 1.82) is 0 Å². The maximum absolute atomic E-state index is 5.94. The Balaban J connectivity index is 2.64. The smallest absolute Gasteiger partial charge is 0.0728 e. The molecule has 0 spiro atoms. The van der Waals surface area contributed by atoms with E-state index in [0.717, 1.165) is 18.9 Å². The molecule has 0 radical (unpaired) electrons. The number of hydrogen-bond donors (Lipinski definition) is 0. The van der Waals surface area contributed by atoms with Crippen molar-refractivity contribution in [3.05, 3.63) is 0 Å². The van der Waals surface area contributed by atoms with Gasteiger partial charge in [-0.15, -0.1) is 0 Å². The Hall–Kier alpha value is -0.0800. The molecule has 1 aliphatic rings. The van der Waals surface area contributed by atoms with Crippen LogP contribution in [0, 0.1) is 5.92 Å². The summed E-state index contributed by atoms with van der Waals surface area (Å²) >= 11 is 0. The molecule has 0 aromatic carbocycles. The van der Waals surface area contributed by atoms with Gasteiger partial charge in [-0.3, -0.25) is 0 Å². The van der Waals surface area contributed by atoms with Crippen LogP contribution < -0.4 is 0 Å². The van der Waals surface area contributed by atoms with Crippen molar-refractivity contribution in [2.45, 2.75) is 63.9 Å². The average molecular weight is 228 g/mol. The summed E-state index contributed by atoms with van der Waals surface area (Å²) in [5.41, 5.74) is 0.0885. The maximum atomic E-state index is 5.94. The van der Waals surface area contributed by atoms with Crippen molar-refractivity contribution < 1.29 is 9.47 Å². The highest BCUT2D eigenvalue weighted by atomic mass is 16.5. The molecule has 0 aromatic rings. The minimum absolute atomic E-state index is 0.0885. The molecule has 0 N–H and O–H groups in total. The van der Waals surface area contributed by atoms with Gasteiger partial charge in [0.15, 0.2) is 0 Å². The molecule has 0 bridgehead atoms. The number of ether oxygens (including phenoxy) is 2. The van der Waals surface area contributed by atoms with Gasteiger partial charge in [0.05, 0.1) is 5.60 Å². The summed E-state index contributed by atoms with van der Waals surface area (Å²) in [7, 11) is 3.67. The van der Waals surface area contributed by atoms with E-state index in [1.165, 1.54) is 44.9 Å². The molecule has 1 atom stereocenters. The van der Waals surface area contributed by atoms with Crippen LogP contribution in [0.15, 0.2) is 0 Å². The average Bonchev–Trinajstić information content (AvgIpc) is 2.36. The van der Waals surface area contributed by atoms with Gasteiger partial charge in [0.1, 0.15) is 0 Å². The van der Waals surface area contributed by atoms with Gasteiger partial charge in [-0.2, -0.15) is 0 Å². The molecule has 0 aliphatic heterocycles. The van der Waals surface area contributed by atoms with Crippen molar-refractivity contribution in [2.75, 3.05) is 20.8 Å². The fourth-order valence-corrected chi connectivity index (χ4v) is 3.23. The molecule has 1 aliphatic carbocycles. The van der Waals surface area contributed by atoms with Crippen molar-refractivity contribution in [1.82, 2.24) is 0 Å². The lowest BCUT2D eigenvalue weighted by atomic mass is 9.73. The Bertz CT molecular complexity index is 176. The second-order valence-electron chi connectivity index (χ2n) is 5.10. The molecule has 1 rings (SSSR count). The van der Waals surface area contributed by atoms with Gasteiger partial charge in [-0.05, 0) is 31.6 Å². The summed E-state index contributed by atoms with van der Waals surface area (Å²) in [5.74, 6) is 0.751. The first kappa shape index (κ1) is 14.0. The van der Waals surface area contributed by atoms with Gasteiger partial charge in [0, 0.05) is 20.8 Å². The molecule has 0 amide bonds. The molecule has 0 saturated heterocycles. The molecule has 96 valence electrons. The van der Waals surface area contributed by atoms with E-state index in [2.05, 4.69) is 6.92 Å². The van der Waals surface area contributed by atoms with E-state index < -0.39 is 0 Å². The Morgan fingerprint density at radius 2 is 1.75 bits per heavy atom. The summed E-state index contributed by atoms with van der Waals surface area (Å²) in [6.45, 7) is 3.08. The zero-order valence-corrected chi connectivity index (χ0v) is 11.3. The highest BCUT2D eigenvalue weighted by molar-refractivity contribution is 4.89. The van der Waals surface area contributed by atoms with Crippen LogP contribution in [0.2, 0.25) is 0 Å². The third-order valence-electron chi connectivity index (χ3n) is 4.16. The Morgan fingerprint density at radius 1 is 1.06 bits per heavy atom. The van der Waals surface area contributed by atoms with Crippen LogP contribution in [0.3, 0.4) is 0 Å². The van der Waals surface area contributed by atoms with Crippen LogP contribution in [0.25, 0.3) is 0 Å². The highest BCUT2D eigenvalue weighted by Crippen LogP contribution is 2.39. The quantitative estimate of drug-likeness (QED) is 0.660. The van der Waals surface area contributed by atoms with E-state index in [9.17, 15) is 0 Å². The van der Waals surface area contributed by atoms with Gasteiger partial charge in [0.25, 0.3) is 0 Å². The summed E-state index contributed by atoms with van der Waals surface area (Å²) in [4.78, 5) is 0. The lowest BCUT2D eigenvalue weighted by Gasteiger charge is -2.42. The maximum Gasteiger partial charge on any atom is 0.0728 e. The van der Waals surface area contributed by atoms with Crippen LogP contribution in [-0.2, 0) is 9.47 Å². The van der Waals surface area contributed by atoms with Gasteiger partial charge >= 0.3 is 0 Å². The number of rotatable bonds is 7. The topological polar surface area (TPSA) is 18.5 Å². The van der Waals surface area contributed by atoms with E-state index in [1.807, 2.05) is 7.11 Å². The van der Waals surface area contributed by atoms with Crippen molar-refractivity contribution >= 4 is 0 Å². The minimum Gasteiger partial charge on any atom is -0.385 e. The van der Waals surface area contributed by atoms with Crippen LogP contribution >= 0.6 is 0 Å². The number of methoxy groups -OCH3 is 2. The van der Waals surface area contributed by atoms with E-state index in [-0.39, 0.29) is 5.60 Å². The first-order valence-electron chi connectivity index (χ1n) is 6.83. The first-order chi connectivity index (χ1) is 7.79. The van der Waals surface area contributed by atoms with Crippen molar-refractivity contribution in [3.8, 4) is 0 Å². The first-order valence-corrected chi connectivity index (χ1v) is 6.83. The van der Waals surface area contributed by atoms with Crippen LogP contribution in [0.1, 0.15) is 58.3 Å². The van der Waals surface area contributed by atoms with Crippen LogP contribution in [0.5, 0.6) is 0 Å². The SMILES string of the molecule is CCCC(CCOC)(OC)C1CCCCC1. The van der Waals surface area contributed by atoms with E-state index >= 15 is 0 Å². The minimum atomic E-state index is 0.0885. The predicted octanol–water partition coefficient (Wildman–Crippen LogP) is 3.79. The van der Waals surface area contributed by atoms with Gasteiger partial charge in [-0.1, -0.05) is 32.6 Å². The fraction of sp³-hybridized carbons (Fsp3) is 1.00. The molecule has 2 nitrogen and oxygen atoms in total. The standard InChI is InChI=1S/C14H28O2/c1-4-10-14(16-3,11-12-15-2)13-8-6-5-7-9-13/h13H,4-12H2,1-3H3. The summed E-state index contributed by atoms with van der Waals surface area (Å²) < 4.78 is 11.2. The third kappa shape index (κ3) is 3.46. The van der Waals surface area contributed by atoms with E-state index in [1.54, 1.807) is 7.11 Å². The molecular formula is C14H28O2. The second kappa shape index (κ2) is 7.29. The molecule has 1 saturated carbocycles. The molecule has 2 heteroatoms. The second-order valence-corrected chi connectivity index (χ2v) is 5.10. The monoisotopic (exact) mass is 228 g/mol. The van der Waals surface area contributed by atoms with Crippen molar-refractivity contribution in [3.63, 3.8) is 0 Å². The Labute approximate surface area is 101 Å². The van der Waals surface area contributed by atoms with E-state index in [4.69, 9.17) is 9.47 Å². The summed E-state index contributed by atoms with van der Waals surface area (Å²) in [6, 6.07) is 0. The third-order valence-corrected chi connectivity index (χ3v) is 4.16. The highest BCUT2D eigenvalue weighted by Gasteiger charge is 2.38. The fourth-order valence-electron chi connectivity index (χ4n) is 3.23. The molecule has 0 aromatic heterocycles. The lowest BCUT2D eigenvalue weighted by Crippen LogP contribution is -2.42. The van der Waals surface area contributed by atoms with Crippen LogP contribution in [-0.4, -0.2) is 26.4 Å². The zero-order valence-electron chi connectivity index (χ0n) is 11.3. The Morgan fingerprint density at radius 3 is 2.25 bits per heavy atom. The Kier molecular flexibility index (Phi) is 6.37. The molecule has 1 fully saturated rings.